The van der Waals surface area contributed by atoms with Gasteiger partial charge in [-0.25, -0.2) is 0 Å². The second-order valence-corrected chi connectivity index (χ2v) is 6.37. The Kier molecular flexibility index (Phi) is 7.00. The van der Waals surface area contributed by atoms with E-state index < -0.39 is 0 Å². The molecule has 1 aromatic carbocycles. The topological polar surface area (TPSA) is 97.0 Å². The summed E-state index contributed by atoms with van der Waals surface area (Å²) in [6.45, 7) is 4.06. The number of nitrogens with zero attached hydrogens (tertiary/aromatic N) is 2. The van der Waals surface area contributed by atoms with Crippen LogP contribution in [-0.2, 0) is 4.79 Å². The van der Waals surface area contributed by atoms with E-state index in [4.69, 9.17) is 4.74 Å². The van der Waals surface area contributed by atoms with Crippen molar-refractivity contribution >= 4 is 17.7 Å². The Hall–Kier alpha value is -2.35. The number of rotatable bonds is 8. The summed E-state index contributed by atoms with van der Waals surface area (Å²) in [6, 6.07) is 7.17. The lowest BCUT2D eigenvalue weighted by Gasteiger charge is -2.14. The number of benzene rings is 1. The molecule has 1 amide bonds. The van der Waals surface area contributed by atoms with Crippen LogP contribution in [0.3, 0.4) is 0 Å². The molecule has 2 aromatic rings. The maximum Gasteiger partial charge on any atom is 0.278 e. The zero-order valence-electron chi connectivity index (χ0n) is 14.5. The summed E-state index contributed by atoms with van der Waals surface area (Å²) in [5.41, 5.74) is 0.536. The van der Waals surface area contributed by atoms with Gasteiger partial charge in [-0.3, -0.25) is 14.6 Å². The van der Waals surface area contributed by atoms with E-state index in [-0.39, 0.29) is 29.0 Å². The van der Waals surface area contributed by atoms with Gasteiger partial charge < -0.3 is 10.1 Å². The SMILES string of the molecule is CCC(CC)NC(=O)CSc1nnc(-c2ccc(OC)cc2)c(=O)[nH]1. The Bertz CT molecular complexity index is 757. The lowest BCUT2D eigenvalue weighted by atomic mass is 10.1. The number of aromatic nitrogens is 3. The first-order chi connectivity index (χ1) is 12.1. The molecule has 0 saturated carbocycles. The number of carbonyl (C=O) groups is 1. The second-order valence-electron chi connectivity index (χ2n) is 5.41. The summed E-state index contributed by atoms with van der Waals surface area (Å²) in [5.74, 6) is 0.799. The molecule has 0 aliphatic carbocycles. The smallest absolute Gasteiger partial charge is 0.278 e. The molecule has 2 N–H and O–H groups in total. The van der Waals surface area contributed by atoms with Gasteiger partial charge in [0.1, 0.15) is 5.75 Å². The van der Waals surface area contributed by atoms with Gasteiger partial charge in [-0.05, 0) is 37.1 Å². The number of hydrogen-bond donors (Lipinski definition) is 2. The lowest BCUT2D eigenvalue weighted by Crippen LogP contribution is -2.35. The van der Waals surface area contributed by atoms with Crippen LogP contribution in [0.5, 0.6) is 5.75 Å². The maximum atomic E-state index is 12.2. The van der Waals surface area contributed by atoms with Crippen LogP contribution in [0.4, 0.5) is 0 Å². The van der Waals surface area contributed by atoms with Gasteiger partial charge in [0, 0.05) is 11.6 Å². The van der Waals surface area contributed by atoms with Crippen LogP contribution >= 0.6 is 11.8 Å². The van der Waals surface area contributed by atoms with Crippen molar-refractivity contribution in [2.45, 2.75) is 37.9 Å². The van der Waals surface area contributed by atoms with Crippen LogP contribution < -0.4 is 15.6 Å². The fraction of sp³-hybridized carbons (Fsp3) is 0.412. The summed E-state index contributed by atoms with van der Waals surface area (Å²) in [7, 11) is 1.58. The number of ether oxygens (including phenoxy) is 1. The highest BCUT2D eigenvalue weighted by molar-refractivity contribution is 7.99. The molecule has 8 heteroatoms. The first kappa shape index (κ1) is 19.0. The molecule has 0 bridgehead atoms. The fourth-order valence-electron chi connectivity index (χ4n) is 2.22. The van der Waals surface area contributed by atoms with E-state index in [1.54, 1.807) is 31.4 Å². The number of amides is 1. The molecule has 0 atom stereocenters. The molecule has 134 valence electrons. The van der Waals surface area contributed by atoms with Crippen LogP contribution in [-0.4, -0.2) is 40.0 Å². The summed E-state index contributed by atoms with van der Waals surface area (Å²) in [5, 5.41) is 11.2. The van der Waals surface area contributed by atoms with Gasteiger partial charge in [-0.15, -0.1) is 10.2 Å². The van der Waals surface area contributed by atoms with Gasteiger partial charge in [0.2, 0.25) is 5.91 Å². The van der Waals surface area contributed by atoms with Crippen LogP contribution in [0.2, 0.25) is 0 Å². The van der Waals surface area contributed by atoms with E-state index in [0.29, 0.717) is 16.5 Å². The molecule has 0 unspecified atom stereocenters. The van der Waals surface area contributed by atoms with Crippen molar-refractivity contribution in [3.63, 3.8) is 0 Å². The minimum Gasteiger partial charge on any atom is -0.497 e. The number of carbonyl (C=O) groups excluding carboxylic acids is 1. The average molecular weight is 362 g/mol. The normalized spacial score (nSPS) is 10.7. The molecule has 7 nitrogen and oxygen atoms in total. The summed E-state index contributed by atoms with van der Waals surface area (Å²) in [6.07, 6.45) is 1.78. The monoisotopic (exact) mass is 362 g/mol. The minimum absolute atomic E-state index is 0.0828. The number of hydrogen-bond acceptors (Lipinski definition) is 6. The van der Waals surface area contributed by atoms with Gasteiger partial charge in [0.15, 0.2) is 10.9 Å². The third kappa shape index (κ3) is 5.32. The Balaban J connectivity index is 2.01. The van der Waals surface area contributed by atoms with Crippen LogP contribution in [0, 0.1) is 0 Å². The van der Waals surface area contributed by atoms with Gasteiger partial charge in [-0.1, -0.05) is 25.6 Å². The highest BCUT2D eigenvalue weighted by Gasteiger charge is 2.12. The van der Waals surface area contributed by atoms with Gasteiger partial charge >= 0.3 is 0 Å². The highest BCUT2D eigenvalue weighted by Crippen LogP contribution is 2.18. The van der Waals surface area contributed by atoms with Crippen molar-refractivity contribution in [1.82, 2.24) is 20.5 Å². The number of methoxy groups -OCH3 is 1. The minimum atomic E-state index is -0.344. The summed E-state index contributed by atoms with van der Waals surface area (Å²) < 4.78 is 5.09. The summed E-state index contributed by atoms with van der Waals surface area (Å²) in [4.78, 5) is 26.8. The van der Waals surface area contributed by atoms with Crippen LogP contribution in [0.1, 0.15) is 26.7 Å². The molecule has 0 radical (unpaired) electrons. The van der Waals surface area contributed by atoms with Gasteiger partial charge in [0.25, 0.3) is 5.56 Å². The van der Waals surface area contributed by atoms with E-state index in [2.05, 4.69) is 20.5 Å². The molecule has 25 heavy (non-hydrogen) atoms. The molecule has 0 fully saturated rings. The molecular weight excluding hydrogens is 340 g/mol. The largest absolute Gasteiger partial charge is 0.497 e. The number of thioether (sulfide) groups is 1. The zero-order valence-corrected chi connectivity index (χ0v) is 15.4. The van der Waals surface area contributed by atoms with Crippen LogP contribution in [0.25, 0.3) is 11.3 Å². The maximum absolute atomic E-state index is 12.2. The number of H-pyrrole nitrogens is 1. The zero-order chi connectivity index (χ0) is 18.2. The third-order valence-electron chi connectivity index (χ3n) is 3.73. The van der Waals surface area contributed by atoms with E-state index in [9.17, 15) is 9.59 Å². The quantitative estimate of drug-likeness (QED) is 0.699. The first-order valence-electron chi connectivity index (χ1n) is 8.10. The highest BCUT2D eigenvalue weighted by atomic mass is 32.2. The van der Waals surface area contributed by atoms with Crippen molar-refractivity contribution in [3.8, 4) is 17.0 Å². The standard InChI is InChI=1S/C17H22N4O3S/c1-4-12(5-2)18-14(22)10-25-17-19-16(23)15(20-21-17)11-6-8-13(24-3)9-7-11/h6-9,12H,4-5,10H2,1-3H3,(H,18,22)(H,19,21,23). The van der Waals surface area contributed by atoms with E-state index in [1.165, 1.54) is 0 Å². The van der Waals surface area contributed by atoms with Crippen molar-refractivity contribution in [1.29, 1.82) is 0 Å². The third-order valence-corrected chi connectivity index (χ3v) is 4.59. The number of nitrogens with one attached hydrogen (secondary N) is 2. The Morgan fingerprint density at radius 2 is 1.92 bits per heavy atom. The van der Waals surface area contributed by atoms with Crippen molar-refractivity contribution < 1.29 is 9.53 Å². The molecule has 0 spiro atoms. The Morgan fingerprint density at radius 3 is 2.48 bits per heavy atom. The fourth-order valence-corrected chi connectivity index (χ4v) is 2.84. The predicted octanol–water partition coefficient (Wildman–Crippen LogP) is 2.24. The second kappa shape index (κ2) is 9.22. The van der Waals surface area contributed by atoms with E-state index in [0.717, 1.165) is 24.6 Å². The molecule has 1 heterocycles. The predicted molar refractivity (Wildman–Crippen MR) is 97.9 cm³/mol. The van der Waals surface area contributed by atoms with Crippen molar-refractivity contribution in [2.75, 3.05) is 12.9 Å². The van der Waals surface area contributed by atoms with Gasteiger partial charge in [0.05, 0.1) is 12.9 Å². The molecular formula is C17H22N4O3S. The molecule has 1 aromatic heterocycles. The van der Waals surface area contributed by atoms with Crippen LogP contribution in [0.15, 0.2) is 34.2 Å². The van der Waals surface area contributed by atoms with Crippen molar-refractivity contribution in [3.05, 3.63) is 34.6 Å². The van der Waals surface area contributed by atoms with Crippen molar-refractivity contribution in [2.24, 2.45) is 0 Å². The Labute approximate surface area is 150 Å². The first-order valence-corrected chi connectivity index (χ1v) is 9.09. The number of aromatic amines is 1. The summed E-state index contributed by atoms with van der Waals surface area (Å²) >= 11 is 1.15. The molecule has 0 saturated heterocycles. The lowest BCUT2D eigenvalue weighted by molar-refractivity contribution is -0.119. The van der Waals surface area contributed by atoms with E-state index >= 15 is 0 Å². The van der Waals surface area contributed by atoms with E-state index in [1.807, 2.05) is 13.8 Å². The molecule has 2 rings (SSSR count). The average Bonchev–Trinajstić information content (AvgIpc) is 2.64. The molecule has 0 aliphatic rings. The Morgan fingerprint density at radius 1 is 1.24 bits per heavy atom. The van der Waals surface area contributed by atoms with Gasteiger partial charge in [-0.2, -0.15) is 0 Å². The molecule has 0 aliphatic heterocycles.